The molecular formula is C32H16CuIN8. The summed E-state index contributed by atoms with van der Waals surface area (Å²) in [6.07, 6.45) is 0. The van der Waals surface area contributed by atoms with E-state index in [1.807, 2.05) is 87.7 Å². The number of benzene rings is 4. The van der Waals surface area contributed by atoms with Crippen molar-refractivity contribution in [3.63, 3.8) is 0 Å². The van der Waals surface area contributed by atoms with Gasteiger partial charge in [0.1, 0.15) is 0 Å². The minimum absolute atomic E-state index is 0. The molecule has 0 amide bonds. The minimum Gasteiger partial charge on any atom is -0.357 e. The molecular weight excluding hydrogens is 687 g/mol. The average Bonchev–Trinajstić information content (AvgIpc) is 3.72. The minimum atomic E-state index is 0. The van der Waals surface area contributed by atoms with E-state index in [1.165, 1.54) is 0 Å². The van der Waals surface area contributed by atoms with Gasteiger partial charge in [0.25, 0.3) is 0 Å². The molecule has 0 aliphatic carbocycles. The second-order valence-corrected chi connectivity index (χ2v) is 10.8. The van der Waals surface area contributed by atoms with Gasteiger partial charge < -0.3 is 15.0 Å². The van der Waals surface area contributed by atoms with E-state index in [-0.39, 0.29) is 17.1 Å². The SMILES string of the molecule is In1c2nc3nc(nc4[n-]c(nc5nc(nc1c1ccccc12)-c1ccccc1-5)c1ccccc41)-c1ccccc1-3.[Cu+]. The number of aromatic nitrogens is 8. The van der Waals surface area contributed by atoms with Gasteiger partial charge in [0.05, 0.1) is 34.5 Å². The van der Waals surface area contributed by atoms with Crippen LogP contribution >= 0.6 is 22.9 Å². The summed E-state index contributed by atoms with van der Waals surface area (Å²) in [6.45, 7) is 0. The Morgan fingerprint density at radius 1 is 0.429 bits per heavy atom. The molecule has 4 aromatic carbocycles. The molecule has 0 unspecified atom stereocenters. The maximum absolute atomic E-state index is 5.12. The van der Waals surface area contributed by atoms with Gasteiger partial charge in [-0.2, -0.15) is 0 Å². The van der Waals surface area contributed by atoms with Crippen LogP contribution in [0.5, 0.6) is 0 Å². The van der Waals surface area contributed by atoms with Crippen molar-refractivity contribution < 1.29 is 17.1 Å². The van der Waals surface area contributed by atoms with Gasteiger partial charge in [-0.15, -0.1) is 0 Å². The topological polar surface area (TPSA) is 96.4 Å². The zero-order valence-corrected chi connectivity index (χ0v) is 24.6. The van der Waals surface area contributed by atoms with Crippen molar-refractivity contribution in [2.45, 2.75) is 0 Å². The quantitative estimate of drug-likeness (QED) is 0.122. The van der Waals surface area contributed by atoms with E-state index in [9.17, 15) is 0 Å². The monoisotopic (exact) mass is 702 g/mol. The Kier molecular flexibility index (Phi) is 5.71. The number of fused-ring (bicyclic) bond motifs is 20. The van der Waals surface area contributed by atoms with E-state index < -0.39 is 0 Å². The standard InChI is InChI=1S/C32H16IN8.Cu/c33-41-31-23-15-7-8-16-24(23)32(41)40-30-22-14-6-4-12-20(22)28(38-30)36-26-18-10-2-1-9-17(18)25(34-26)35-27-19-11-3-5-13-21(19)29(37-27)39-31;/h1-16H;/q-1;+1. The van der Waals surface area contributed by atoms with E-state index in [0.29, 0.717) is 34.6 Å². The zero-order chi connectivity index (χ0) is 27.1. The molecule has 0 atom stereocenters. The van der Waals surface area contributed by atoms with Crippen LogP contribution in [0.4, 0.5) is 0 Å². The van der Waals surface area contributed by atoms with E-state index in [1.54, 1.807) is 0 Å². The summed E-state index contributed by atoms with van der Waals surface area (Å²) in [7, 11) is 0. The van der Waals surface area contributed by atoms with Gasteiger partial charge in [-0.1, -0.05) is 97.1 Å². The fourth-order valence-corrected chi connectivity index (χ4v) is 6.32. The Morgan fingerprint density at radius 2 is 0.762 bits per heavy atom. The van der Waals surface area contributed by atoms with Crippen LogP contribution < -0.4 is 4.98 Å². The van der Waals surface area contributed by atoms with Crippen LogP contribution in [0.2, 0.25) is 0 Å². The van der Waals surface area contributed by atoms with Crippen molar-refractivity contribution in [2.24, 2.45) is 0 Å². The third-order valence-electron chi connectivity index (χ3n) is 7.49. The predicted octanol–water partition coefficient (Wildman–Crippen LogP) is 7.17. The van der Waals surface area contributed by atoms with Gasteiger partial charge in [0.2, 0.25) is 0 Å². The van der Waals surface area contributed by atoms with Gasteiger partial charge in [-0.25, -0.2) is 22.7 Å². The Bertz CT molecular complexity index is 2250. The van der Waals surface area contributed by atoms with Crippen molar-refractivity contribution in [2.75, 3.05) is 0 Å². The second-order valence-electron chi connectivity index (χ2n) is 9.83. The molecule has 8 nitrogen and oxygen atoms in total. The summed E-state index contributed by atoms with van der Waals surface area (Å²) in [5, 5.41) is 3.75. The molecule has 10 heteroatoms. The molecule has 2 aliphatic rings. The van der Waals surface area contributed by atoms with E-state index in [0.717, 1.165) is 55.1 Å². The molecule has 9 rings (SSSR count). The molecule has 202 valence electrons. The number of nitrogens with zero attached hydrogens (tertiary/aromatic N) is 8. The Morgan fingerprint density at radius 3 is 1.17 bits per heavy atom. The first kappa shape index (κ1) is 25.2. The predicted molar refractivity (Wildman–Crippen MR) is 168 cm³/mol. The number of rotatable bonds is 0. The molecule has 8 bridgehead atoms. The Balaban J connectivity index is 0.00000267. The molecule has 5 heterocycles. The summed E-state index contributed by atoms with van der Waals surface area (Å²) >= 11 is 2.27. The smallest absolute Gasteiger partial charge is 0.357 e. The number of hydrogen-bond donors (Lipinski definition) is 0. The number of halogens is 1. The second kappa shape index (κ2) is 9.52. The Labute approximate surface area is 263 Å². The van der Waals surface area contributed by atoms with E-state index in [2.05, 4.69) is 35.0 Å². The summed E-state index contributed by atoms with van der Waals surface area (Å²) < 4.78 is 1.98. The molecule has 3 aromatic heterocycles. The third-order valence-corrected chi connectivity index (χ3v) is 8.40. The molecule has 0 radical (unpaired) electrons. The van der Waals surface area contributed by atoms with Crippen molar-refractivity contribution in [3.05, 3.63) is 97.1 Å². The molecule has 0 fully saturated rings. The fourth-order valence-electron chi connectivity index (χ4n) is 5.59. The van der Waals surface area contributed by atoms with Crippen molar-refractivity contribution in [3.8, 4) is 45.6 Å². The first-order chi connectivity index (χ1) is 20.2. The molecule has 0 N–H and O–H groups in total. The maximum Gasteiger partial charge on any atom is 1.00 e. The molecule has 2 aliphatic heterocycles. The molecule has 0 saturated heterocycles. The van der Waals surface area contributed by atoms with Crippen LogP contribution in [0.15, 0.2) is 97.1 Å². The number of hydrogen-bond acceptors (Lipinski definition) is 6. The Hall–Kier alpha value is -4.51. The summed E-state index contributed by atoms with van der Waals surface area (Å²) in [5.41, 5.74) is 6.29. The average molecular weight is 703 g/mol. The third kappa shape index (κ3) is 3.65. The molecule has 0 saturated carbocycles. The van der Waals surface area contributed by atoms with Gasteiger partial charge in [0, 0.05) is 44.3 Å². The first-order valence-corrected chi connectivity index (χ1v) is 14.0. The summed E-state index contributed by atoms with van der Waals surface area (Å²) in [4.78, 5) is 35.0. The van der Waals surface area contributed by atoms with Crippen molar-refractivity contribution in [1.29, 1.82) is 0 Å². The van der Waals surface area contributed by atoms with Gasteiger partial charge in [-0.3, -0.25) is 0 Å². The summed E-state index contributed by atoms with van der Waals surface area (Å²) in [5.74, 6) is 2.33. The fraction of sp³-hybridized carbons (Fsp3) is 0. The van der Waals surface area contributed by atoms with Gasteiger partial charge >= 0.3 is 17.1 Å². The van der Waals surface area contributed by atoms with Crippen LogP contribution in [0, 0.1) is 0 Å². The van der Waals surface area contributed by atoms with Crippen molar-refractivity contribution >= 4 is 67.0 Å². The molecule has 0 spiro atoms. The van der Waals surface area contributed by atoms with E-state index in [4.69, 9.17) is 34.9 Å². The van der Waals surface area contributed by atoms with Gasteiger partial charge in [-0.05, 0) is 10.8 Å². The van der Waals surface area contributed by atoms with Crippen molar-refractivity contribution in [1.82, 2.24) is 37.7 Å². The first-order valence-electron chi connectivity index (χ1n) is 13.1. The maximum atomic E-state index is 5.12. The van der Waals surface area contributed by atoms with Gasteiger partial charge in [0.15, 0.2) is 22.9 Å². The normalized spacial score (nSPS) is 11.7. The van der Waals surface area contributed by atoms with Crippen LogP contribution in [0.3, 0.4) is 0 Å². The zero-order valence-electron chi connectivity index (χ0n) is 21.5. The summed E-state index contributed by atoms with van der Waals surface area (Å²) in [6, 6.07) is 32.2. The largest absolute Gasteiger partial charge is 1.00 e. The molecule has 7 aromatic rings. The van der Waals surface area contributed by atoms with Crippen LogP contribution in [0.25, 0.3) is 89.7 Å². The van der Waals surface area contributed by atoms with Crippen LogP contribution in [-0.2, 0) is 17.1 Å². The van der Waals surface area contributed by atoms with Crippen LogP contribution in [-0.4, -0.2) is 32.7 Å². The molecule has 42 heavy (non-hydrogen) atoms. The van der Waals surface area contributed by atoms with Crippen LogP contribution in [0.1, 0.15) is 0 Å². The van der Waals surface area contributed by atoms with E-state index >= 15 is 0 Å².